The highest BCUT2D eigenvalue weighted by Crippen LogP contribution is 2.24. The van der Waals surface area contributed by atoms with Gasteiger partial charge in [0.2, 0.25) is 17.7 Å². The van der Waals surface area contributed by atoms with Crippen molar-refractivity contribution in [2.75, 3.05) is 10.6 Å². The summed E-state index contributed by atoms with van der Waals surface area (Å²) < 4.78 is 5.59. The van der Waals surface area contributed by atoms with Crippen LogP contribution in [0.1, 0.15) is 28.9 Å². The van der Waals surface area contributed by atoms with Gasteiger partial charge in [0, 0.05) is 29.7 Å². The smallest absolute Gasteiger partial charge is 0.250 e. The lowest BCUT2D eigenvalue weighted by Crippen LogP contribution is -2.20. The van der Waals surface area contributed by atoms with Crippen LogP contribution in [0.2, 0.25) is 0 Å². The Labute approximate surface area is 194 Å². The fraction of sp³-hybridized carbons (Fsp3) is 0.208. The number of amides is 1. The molecule has 1 aliphatic carbocycles. The lowest BCUT2D eigenvalue weighted by molar-refractivity contribution is -0.115. The van der Waals surface area contributed by atoms with E-state index < -0.39 is 6.29 Å². The van der Waals surface area contributed by atoms with E-state index in [0.29, 0.717) is 22.8 Å². The number of hydrogen-bond acceptors (Lipinski definition) is 9. The van der Waals surface area contributed by atoms with Gasteiger partial charge >= 0.3 is 0 Å². The molecule has 0 unspecified atom stereocenters. The first kappa shape index (κ1) is 21.7. The van der Waals surface area contributed by atoms with E-state index in [9.17, 15) is 4.79 Å². The van der Waals surface area contributed by atoms with E-state index in [1.54, 1.807) is 24.5 Å². The Morgan fingerprint density at radius 3 is 2.32 bits per heavy atom. The monoisotopic (exact) mass is 458 g/mol. The number of rotatable bonds is 7. The lowest BCUT2D eigenvalue weighted by Gasteiger charge is -2.11. The van der Waals surface area contributed by atoms with Crippen molar-refractivity contribution in [3.05, 3.63) is 83.5 Å². The van der Waals surface area contributed by atoms with Crippen molar-refractivity contribution in [2.45, 2.75) is 31.6 Å². The minimum absolute atomic E-state index is 0.111. The predicted molar refractivity (Wildman–Crippen MR) is 123 cm³/mol. The van der Waals surface area contributed by atoms with Crippen molar-refractivity contribution in [3.8, 4) is 11.5 Å². The second-order valence-corrected chi connectivity index (χ2v) is 8.04. The highest BCUT2D eigenvalue weighted by molar-refractivity contribution is 5.91. The Balaban J connectivity index is 1.16. The van der Waals surface area contributed by atoms with E-state index in [4.69, 9.17) is 14.6 Å². The first-order valence-corrected chi connectivity index (χ1v) is 10.8. The molecule has 10 nitrogen and oxygen atoms in total. The topological polar surface area (TPSA) is 146 Å². The fourth-order valence-electron chi connectivity index (χ4n) is 3.88. The largest absolute Gasteiger partial charge is 0.420 e. The van der Waals surface area contributed by atoms with Crippen molar-refractivity contribution in [3.63, 3.8) is 0 Å². The number of hydrogen-bond donors (Lipinski definition) is 4. The number of anilines is 2. The third-order valence-electron chi connectivity index (χ3n) is 5.55. The third kappa shape index (κ3) is 4.92. The molecule has 0 saturated heterocycles. The van der Waals surface area contributed by atoms with Crippen LogP contribution in [-0.2, 0) is 24.1 Å². The van der Waals surface area contributed by atoms with E-state index in [2.05, 4.69) is 55.1 Å². The Morgan fingerprint density at radius 1 is 1.00 bits per heavy atom. The summed E-state index contributed by atoms with van der Waals surface area (Å²) >= 11 is 0. The van der Waals surface area contributed by atoms with Crippen LogP contribution in [0.25, 0.3) is 11.5 Å². The molecule has 0 spiro atoms. The van der Waals surface area contributed by atoms with Gasteiger partial charge in [-0.05, 0) is 36.1 Å². The maximum absolute atomic E-state index is 12.3. The zero-order valence-electron chi connectivity index (χ0n) is 18.0. The molecule has 10 heteroatoms. The number of nitrogens with zero attached hydrogens (tertiary/aromatic N) is 4. The van der Waals surface area contributed by atoms with E-state index in [0.717, 1.165) is 12.8 Å². The summed E-state index contributed by atoms with van der Waals surface area (Å²) in [6.45, 7) is 0. The van der Waals surface area contributed by atoms with Gasteiger partial charge in [0.05, 0.1) is 5.56 Å². The van der Waals surface area contributed by atoms with Crippen molar-refractivity contribution in [2.24, 2.45) is 0 Å². The zero-order valence-corrected chi connectivity index (χ0v) is 18.0. The average Bonchev–Trinajstić information content (AvgIpc) is 3.46. The molecule has 1 aliphatic rings. The van der Waals surface area contributed by atoms with Gasteiger partial charge in [0.1, 0.15) is 6.42 Å². The van der Waals surface area contributed by atoms with Gasteiger partial charge < -0.3 is 25.3 Å². The number of nitrogens with one attached hydrogen (secondary N) is 2. The molecule has 34 heavy (non-hydrogen) atoms. The molecule has 2 aromatic heterocycles. The van der Waals surface area contributed by atoms with Crippen molar-refractivity contribution < 1.29 is 19.4 Å². The predicted octanol–water partition coefficient (Wildman–Crippen LogP) is 2.27. The molecule has 1 amide bonds. The number of fused-ring (bicyclic) bond motifs is 1. The van der Waals surface area contributed by atoms with Crippen LogP contribution in [0.5, 0.6) is 0 Å². The van der Waals surface area contributed by atoms with Gasteiger partial charge in [-0.2, -0.15) is 0 Å². The molecule has 172 valence electrons. The minimum atomic E-state index is -1.56. The molecule has 0 atom stereocenters. The first-order valence-electron chi connectivity index (χ1n) is 10.8. The number of aliphatic hydroxyl groups is 2. The summed E-state index contributed by atoms with van der Waals surface area (Å²) in [5, 5.41) is 32.2. The number of benzene rings is 2. The number of aliphatic hydroxyl groups excluding tert-OH is 1. The molecular weight excluding hydrogens is 436 g/mol. The molecule has 2 heterocycles. The van der Waals surface area contributed by atoms with Gasteiger partial charge in [-0.3, -0.25) is 4.79 Å². The molecule has 4 N–H and O–H groups in total. The number of aromatic nitrogens is 4. The summed E-state index contributed by atoms with van der Waals surface area (Å²) in [6.07, 6.45) is 3.40. The maximum atomic E-state index is 12.3. The summed E-state index contributed by atoms with van der Waals surface area (Å²) in [6, 6.07) is 14.8. The van der Waals surface area contributed by atoms with Crippen LogP contribution in [0.15, 0.2) is 65.3 Å². The normalized spacial score (nSPS) is 13.1. The van der Waals surface area contributed by atoms with Crippen LogP contribution in [0.3, 0.4) is 0 Å². The van der Waals surface area contributed by atoms with Crippen LogP contribution in [0, 0.1) is 0 Å². The molecule has 0 aliphatic heterocycles. The molecule has 0 fully saturated rings. The van der Waals surface area contributed by atoms with Crippen molar-refractivity contribution in [1.82, 2.24) is 20.2 Å². The molecule has 5 rings (SSSR count). The first-order chi connectivity index (χ1) is 16.5. The molecule has 0 saturated carbocycles. The van der Waals surface area contributed by atoms with Crippen LogP contribution in [-0.4, -0.2) is 42.3 Å². The Bertz CT molecular complexity index is 1260. The van der Waals surface area contributed by atoms with Crippen LogP contribution >= 0.6 is 0 Å². The molecule has 4 aromatic rings. The second kappa shape index (κ2) is 9.38. The molecule has 0 radical (unpaired) electrons. The molecule has 2 aromatic carbocycles. The van der Waals surface area contributed by atoms with Crippen LogP contribution < -0.4 is 10.6 Å². The maximum Gasteiger partial charge on any atom is 0.250 e. The Kier molecular flexibility index (Phi) is 5.98. The summed E-state index contributed by atoms with van der Waals surface area (Å²) in [5.74, 6) is 0.561. The highest BCUT2D eigenvalue weighted by Gasteiger charge is 2.21. The van der Waals surface area contributed by atoms with Gasteiger partial charge in [-0.1, -0.05) is 36.4 Å². The zero-order chi connectivity index (χ0) is 23.5. The minimum Gasteiger partial charge on any atom is -0.420 e. The summed E-state index contributed by atoms with van der Waals surface area (Å²) in [4.78, 5) is 21.0. The third-order valence-corrected chi connectivity index (χ3v) is 5.55. The van der Waals surface area contributed by atoms with E-state index >= 15 is 0 Å². The summed E-state index contributed by atoms with van der Waals surface area (Å²) in [7, 11) is 0. The van der Waals surface area contributed by atoms with Gasteiger partial charge in [0.25, 0.3) is 5.89 Å². The highest BCUT2D eigenvalue weighted by atomic mass is 16.5. The van der Waals surface area contributed by atoms with E-state index in [1.165, 1.54) is 23.3 Å². The van der Waals surface area contributed by atoms with Gasteiger partial charge in [-0.15, -0.1) is 10.2 Å². The lowest BCUT2D eigenvalue weighted by atomic mass is 10.1. The van der Waals surface area contributed by atoms with E-state index in [-0.39, 0.29) is 30.2 Å². The molecular formula is C24H22N6O4. The van der Waals surface area contributed by atoms with E-state index in [1.807, 2.05) is 0 Å². The number of carbonyl (C=O) groups excluding carboxylic acids is 1. The van der Waals surface area contributed by atoms with Crippen LogP contribution in [0.4, 0.5) is 11.6 Å². The fourth-order valence-corrected chi connectivity index (χ4v) is 3.88. The Morgan fingerprint density at radius 2 is 1.68 bits per heavy atom. The SMILES string of the molecule is O=C(Cc1nnc(-c2cnc(NC3Cc4ccccc4C3)nc2)o1)Nc1ccc(C(O)O)cc1. The number of carbonyl (C=O) groups is 1. The second-order valence-electron chi connectivity index (χ2n) is 8.04. The average molecular weight is 458 g/mol. The van der Waals surface area contributed by atoms with Gasteiger partial charge in [0.15, 0.2) is 6.29 Å². The summed E-state index contributed by atoms with van der Waals surface area (Å²) in [5.41, 5.74) is 4.09. The van der Waals surface area contributed by atoms with Gasteiger partial charge in [-0.25, -0.2) is 9.97 Å². The molecule has 0 bridgehead atoms. The quantitative estimate of drug-likeness (QED) is 0.306. The standard InChI is InChI=1S/C24H22N6O4/c31-20(27-18-7-5-14(6-8-18)23(32)33)11-21-29-30-22(34-21)17-12-25-24(26-13-17)28-19-9-15-3-1-2-4-16(15)10-19/h1-8,12-13,19,23,32-33H,9-11H2,(H,27,31)(H,25,26,28). The van der Waals surface area contributed by atoms with Crippen molar-refractivity contribution >= 4 is 17.5 Å². The Hall–Kier alpha value is -4.15. The van der Waals surface area contributed by atoms with Crippen molar-refractivity contribution in [1.29, 1.82) is 0 Å².